The molecule has 1 saturated heterocycles. The number of hydrogen-bond acceptors (Lipinski definition) is 4. The summed E-state index contributed by atoms with van der Waals surface area (Å²) in [6, 6.07) is 7.87. The minimum atomic E-state index is -0.849. The predicted octanol–water partition coefficient (Wildman–Crippen LogP) is 3.26. The smallest absolute Gasteiger partial charge is 0.346 e. The van der Waals surface area contributed by atoms with Gasteiger partial charge in [0.25, 0.3) is 0 Å². The highest BCUT2D eigenvalue weighted by Crippen LogP contribution is 2.32. The molecule has 1 fully saturated rings. The molecule has 2 aromatic rings. The number of hydrogen-bond donors (Lipinski definition) is 2. The average molecular weight is 305 g/mol. The van der Waals surface area contributed by atoms with Crippen molar-refractivity contribution in [1.82, 2.24) is 5.32 Å². The molecule has 0 bridgehead atoms. The van der Waals surface area contributed by atoms with E-state index in [0.29, 0.717) is 18.0 Å². The molecule has 0 aliphatic carbocycles. The second kappa shape index (κ2) is 5.75. The Morgan fingerprint density at radius 2 is 2.29 bits per heavy atom. The SMILES string of the molecule is CC1(NCc2c(C(=O)O)sc3ccccc23)CCCOC1. The molecule has 1 unspecified atom stereocenters. The molecule has 1 aliphatic heterocycles. The van der Waals surface area contributed by atoms with E-state index in [1.807, 2.05) is 24.3 Å². The standard InChI is InChI=1S/C16H19NO3S/c1-16(7-4-8-20-10-16)17-9-12-11-5-2-3-6-13(11)21-14(12)15(18)19/h2-3,5-6,17H,4,7-10H2,1H3,(H,18,19). The summed E-state index contributed by atoms with van der Waals surface area (Å²) < 4.78 is 6.57. The molecule has 0 amide bonds. The van der Waals surface area contributed by atoms with E-state index in [1.165, 1.54) is 11.3 Å². The molecule has 21 heavy (non-hydrogen) atoms. The van der Waals surface area contributed by atoms with Crippen LogP contribution in [0.15, 0.2) is 24.3 Å². The summed E-state index contributed by atoms with van der Waals surface area (Å²) in [5.41, 5.74) is 0.812. The van der Waals surface area contributed by atoms with Crippen molar-refractivity contribution in [3.63, 3.8) is 0 Å². The van der Waals surface area contributed by atoms with Gasteiger partial charge in [-0.1, -0.05) is 18.2 Å². The lowest BCUT2D eigenvalue weighted by Gasteiger charge is -2.34. The largest absolute Gasteiger partial charge is 0.477 e. The summed E-state index contributed by atoms with van der Waals surface area (Å²) in [6.45, 7) is 4.20. The van der Waals surface area contributed by atoms with Gasteiger partial charge in [-0.15, -0.1) is 11.3 Å². The van der Waals surface area contributed by atoms with E-state index in [2.05, 4.69) is 12.2 Å². The van der Waals surface area contributed by atoms with Crippen molar-refractivity contribution in [2.24, 2.45) is 0 Å². The van der Waals surface area contributed by atoms with E-state index < -0.39 is 5.97 Å². The number of carbonyl (C=O) groups is 1. The first-order valence-corrected chi connectivity index (χ1v) is 7.97. The Kier molecular flexibility index (Phi) is 3.97. The lowest BCUT2D eigenvalue weighted by Crippen LogP contribution is -2.48. The number of rotatable bonds is 4. The molecule has 0 radical (unpaired) electrons. The number of ether oxygens (including phenoxy) is 1. The summed E-state index contributed by atoms with van der Waals surface area (Å²) in [5, 5.41) is 14.0. The molecule has 0 saturated carbocycles. The summed E-state index contributed by atoms with van der Waals surface area (Å²) in [7, 11) is 0. The third-order valence-electron chi connectivity index (χ3n) is 4.02. The molecule has 0 spiro atoms. The minimum absolute atomic E-state index is 0.0724. The molecule has 1 aromatic heterocycles. The lowest BCUT2D eigenvalue weighted by atomic mass is 9.94. The molecule has 2 heterocycles. The molecular weight excluding hydrogens is 286 g/mol. The topological polar surface area (TPSA) is 58.6 Å². The van der Waals surface area contributed by atoms with Crippen LogP contribution < -0.4 is 5.32 Å². The van der Waals surface area contributed by atoms with Crippen molar-refractivity contribution in [3.8, 4) is 0 Å². The first-order valence-electron chi connectivity index (χ1n) is 7.15. The number of carboxylic acid groups (broad SMARTS) is 1. The maximum atomic E-state index is 11.5. The van der Waals surface area contributed by atoms with Gasteiger partial charge in [-0.25, -0.2) is 4.79 Å². The average Bonchev–Trinajstić information content (AvgIpc) is 2.85. The maximum Gasteiger partial charge on any atom is 0.346 e. The molecular formula is C16H19NO3S. The third-order valence-corrected chi connectivity index (χ3v) is 5.22. The van der Waals surface area contributed by atoms with Crippen LogP contribution in [0.4, 0.5) is 0 Å². The number of benzene rings is 1. The molecule has 5 heteroatoms. The van der Waals surface area contributed by atoms with Gasteiger partial charge < -0.3 is 15.2 Å². The van der Waals surface area contributed by atoms with Crippen LogP contribution in [-0.2, 0) is 11.3 Å². The summed E-state index contributed by atoms with van der Waals surface area (Å²) >= 11 is 1.35. The van der Waals surface area contributed by atoms with E-state index in [9.17, 15) is 9.90 Å². The second-order valence-corrected chi connectivity index (χ2v) is 6.83. The molecule has 1 aromatic carbocycles. The Morgan fingerprint density at radius 1 is 1.48 bits per heavy atom. The minimum Gasteiger partial charge on any atom is -0.477 e. The fraction of sp³-hybridized carbons (Fsp3) is 0.438. The van der Waals surface area contributed by atoms with Crippen molar-refractivity contribution in [2.45, 2.75) is 31.8 Å². The van der Waals surface area contributed by atoms with Crippen LogP contribution in [0.3, 0.4) is 0 Å². The summed E-state index contributed by atoms with van der Waals surface area (Å²) in [6.07, 6.45) is 2.09. The predicted molar refractivity (Wildman–Crippen MR) is 84.1 cm³/mol. The zero-order chi connectivity index (χ0) is 14.9. The Balaban J connectivity index is 1.88. The highest BCUT2D eigenvalue weighted by molar-refractivity contribution is 7.21. The van der Waals surface area contributed by atoms with Gasteiger partial charge in [0.1, 0.15) is 4.88 Å². The van der Waals surface area contributed by atoms with E-state index in [-0.39, 0.29) is 5.54 Å². The van der Waals surface area contributed by atoms with Crippen molar-refractivity contribution in [3.05, 3.63) is 34.7 Å². The van der Waals surface area contributed by atoms with Gasteiger partial charge in [0, 0.05) is 23.4 Å². The number of aromatic carboxylic acids is 1. The van der Waals surface area contributed by atoms with Crippen molar-refractivity contribution >= 4 is 27.4 Å². The Labute approximate surface area is 127 Å². The first-order chi connectivity index (χ1) is 10.1. The van der Waals surface area contributed by atoms with Crippen molar-refractivity contribution < 1.29 is 14.6 Å². The van der Waals surface area contributed by atoms with Gasteiger partial charge >= 0.3 is 5.97 Å². The number of thiophene rings is 1. The Morgan fingerprint density at radius 3 is 3.00 bits per heavy atom. The Hall–Kier alpha value is -1.43. The first kappa shape index (κ1) is 14.5. The van der Waals surface area contributed by atoms with Crippen molar-refractivity contribution in [2.75, 3.05) is 13.2 Å². The van der Waals surface area contributed by atoms with Gasteiger partial charge in [0.2, 0.25) is 0 Å². The van der Waals surface area contributed by atoms with E-state index in [4.69, 9.17) is 4.74 Å². The van der Waals surface area contributed by atoms with E-state index in [1.54, 1.807) is 0 Å². The highest BCUT2D eigenvalue weighted by atomic mass is 32.1. The van der Waals surface area contributed by atoms with Crippen LogP contribution in [0.2, 0.25) is 0 Å². The van der Waals surface area contributed by atoms with Gasteiger partial charge in [0.05, 0.1) is 6.61 Å². The molecule has 3 rings (SSSR count). The Bertz CT molecular complexity index is 659. The third kappa shape index (κ3) is 2.95. The van der Waals surface area contributed by atoms with E-state index >= 15 is 0 Å². The second-order valence-electron chi connectivity index (χ2n) is 5.78. The van der Waals surface area contributed by atoms with Gasteiger partial charge in [-0.2, -0.15) is 0 Å². The number of nitrogens with one attached hydrogen (secondary N) is 1. The van der Waals surface area contributed by atoms with Crippen LogP contribution in [0.1, 0.15) is 35.0 Å². The normalized spacial score (nSPS) is 22.5. The van der Waals surface area contributed by atoms with Gasteiger partial charge in [-0.3, -0.25) is 0 Å². The molecule has 4 nitrogen and oxygen atoms in total. The van der Waals surface area contributed by atoms with Crippen LogP contribution in [0.5, 0.6) is 0 Å². The maximum absolute atomic E-state index is 11.5. The summed E-state index contributed by atoms with van der Waals surface area (Å²) in [5.74, 6) is -0.849. The van der Waals surface area contributed by atoms with Crippen LogP contribution >= 0.6 is 11.3 Å². The highest BCUT2D eigenvalue weighted by Gasteiger charge is 2.28. The van der Waals surface area contributed by atoms with Crippen LogP contribution in [0.25, 0.3) is 10.1 Å². The quantitative estimate of drug-likeness (QED) is 0.910. The number of carboxylic acids is 1. The molecule has 2 N–H and O–H groups in total. The fourth-order valence-electron chi connectivity index (χ4n) is 2.82. The van der Waals surface area contributed by atoms with Gasteiger partial charge in [-0.05, 0) is 36.8 Å². The van der Waals surface area contributed by atoms with Crippen LogP contribution in [-0.4, -0.2) is 29.8 Å². The van der Waals surface area contributed by atoms with E-state index in [0.717, 1.165) is 35.1 Å². The zero-order valence-corrected chi connectivity index (χ0v) is 12.8. The fourth-order valence-corrected chi connectivity index (χ4v) is 3.88. The van der Waals surface area contributed by atoms with Gasteiger partial charge in [0.15, 0.2) is 0 Å². The molecule has 112 valence electrons. The summed E-state index contributed by atoms with van der Waals surface area (Å²) in [4.78, 5) is 11.9. The zero-order valence-electron chi connectivity index (χ0n) is 12.0. The lowest BCUT2D eigenvalue weighted by molar-refractivity contribution is 0.0278. The van der Waals surface area contributed by atoms with Crippen LogP contribution in [0, 0.1) is 0 Å². The van der Waals surface area contributed by atoms with Crippen molar-refractivity contribution in [1.29, 1.82) is 0 Å². The monoisotopic (exact) mass is 305 g/mol. The number of fused-ring (bicyclic) bond motifs is 1. The molecule has 1 aliphatic rings. The molecule has 1 atom stereocenters.